The van der Waals surface area contributed by atoms with Gasteiger partial charge in [-0.05, 0) is 54.7 Å². The molecule has 7 heteroatoms. The highest BCUT2D eigenvalue weighted by atomic mass is 16.5. The van der Waals surface area contributed by atoms with Crippen molar-refractivity contribution in [1.29, 1.82) is 0 Å². The van der Waals surface area contributed by atoms with Gasteiger partial charge in [-0.1, -0.05) is 78.9 Å². The molecule has 3 aromatic carbocycles. The van der Waals surface area contributed by atoms with Crippen molar-refractivity contribution < 1.29 is 14.6 Å². The lowest BCUT2D eigenvalue weighted by Crippen LogP contribution is -2.51. The fourth-order valence-electron chi connectivity index (χ4n) is 4.44. The number of nitrogens with one attached hydrogen (secondary N) is 1. The Bertz CT molecular complexity index is 1310. The van der Waals surface area contributed by atoms with Gasteiger partial charge in [-0.15, -0.1) is 0 Å². The Morgan fingerprint density at radius 2 is 1.62 bits per heavy atom. The van der Waals surface area contributed by atoms with E-state index >= 15 is 0 Å². The van der Waals surface area contributed by atoms with Crippen LogP contribution in [0, 0.1) is 13.8 Å². The molecule has 0 fully saturated rings. The monoisotopic (exact) mass is 524 g/mol. The highest BCUT2D eigenvalue weighted by Gasteiger charge is 2.21. The van der Waals surface area contributed by atoms with Crippen molar-refractivity contribution in [3.05, 3.63) is 119 Å². The number of hydrogen-bond acceptors (Lipinski definition) is 6. The summed E-state index contributed by atoms with van der Waals surface area (Å²) in [4.78, 5) is 17.3. The molecule has 0 spiro atoms. The van der Waals surface area contributed by atoms with Crippen LogP contribution < -0.4 is 15.9 Å². The van der Waals surface area contributed by atoms with Gasteiger partial charge in [0.05, 0.1) is 11.8 Å². The Morgan fingerprint density at radius 3 is 2.28 bits per heavy atom. The molecule has 0 radical (unpaired) electrons. The zero-order valence-corrected chi connectivity index (χ0v) is 22.5. The summed E-state index contributed by atoms with van der Waals surface area (Å²) in [6.07, 6.45) is 1.43. The number of nitrogens with two attached hydrogens (primary N) is 1. The van der Waals surface area contributed by atoms with E-state index in [1.165, 1.54) is 0 Å². The molecule has 1 amide bonds. The molecule has 4 rings (SSSR count). The maximum atomic E-state index is 12.9. The second-order valence-electron chi connectivity index (χ2n) is 9.76. The lowest BCUT2D eigenvalue weighted by Gasteiger charge is -2.28. The molecule has 1 heterocycles. The number of ether oxygens (including phenoxy) is 1. The number of hydrazine groups is 1. The second-order valence-corrected chi connectivity index (χ2v) is 9.76. The smallest absolute Gasteiger partial charge is 0.272 e. The van der Waals surface area contributed by atoms with Gasteiger partial charge in [-0.3, -0.25) is 15.2 Å². The molecule has 1 aromatic heterocycles. The third kappa shape index (κ3) is 8.22. The summed E-state index contributed by atoms with van der Waals surface area (Å²) in [6, 6.07) is 29.0. The number of rotatable bonds is 12. The number of nitrogens with zero attached hydrogens (tertiary/aromatic N) is 2. The summed E-state index contributed by atoms with van der Waals surface area (Å²) in [5, 5.41) is 12.7. The van der Waals surface area contributed by atoms with E-state index in [0.717, 1.165) is 33.5 Å². The van der Waals surface area contributed by atoms with Crippen LogP contribution in [0.25, 0.3) is 11.3 Å². The molecule has 2 atom stereocenters. The summed E-state index contributed by atoms with van der Waals surface area (Å²) in [5.41, 5.74) is 15.1. The van der Waals surface area contributed by atoms with Gasteiger partial charge in [0.25, 0.3) is 5.91 Å². The zero-order valence-electron chi connectivity index (χ0n) is 22.5. The Hall–Kier alpha value is -4.04. The van der Waals surface area contributed by atoms with E-state index < -0.39 is 12.1 Å². The predicted octanol–water partition coefficient (Wildman–Crippen LogP) is 4.21. The van der Waals surface area contributed by atoms with Crippen molar-refractivity contribution in [2.75, 3.05) is 13.2 Å². The minimum absolute atomic E-state index is 0.146. The van der Waals surface area contributed by atoms with Crippen LogP contribution in [0.2, 0.25) is 0 Å². The number of aromatic nitrogens is 1. The Balaban J connectivity index is 1.43. The van der Waals surface area contributed by atoms with E-state index in [4.69, 9.17) is 10.5 Å². The standard InChI is InChI=1S/C32H36N4O3/c1-23-9-8-10-24(2)32(23)39-22-31(38)35-36(21-30(37)28(33)19-25-11-4-3-5-12-25)20-26-14-16-27(17-15-26)29-13-6-7-18-34-29/h3-18,28,30,37H,19-22,33H2,1-2H3,(H,35,38). The van der Waals surface area contributed by atoms with E-state index in [2.05, 4.69) is 10.4 Å². The number of aliphatic hydroxyl groups excluding tert-OH is 1. The Morgan fingerprint density at radius 1 is 0.923 bits per heavy atom. The first kappa shape index (κ1) is 28.0. The summed E-state index contributed by atoms with van der Waals surface area (Å²) in [5.74, 6) is 0.390. The van der Waals surface area contributed by atoms with E-state index in [1.807, 2.05) is 105 Å². The molecule has 7 nitrogen and oxygen atoms in total. The topological polar surface area (TPSA) is 101 Å². The Labute approximate surface area is 230 Å². The van der Waals surface area contributed by atoms with Crippen LogP contribution in [0.5, 0.6) is 5.75 Å². The summed E-state index contributed by atoms with van der Waals surface area (Å²) < 4.78 is 5.84. The number of para-hydroxylation sites is 1. The average molecular weight is 525 g/mol. The molecule has 0 bridgehead atoms. The van der Waals surface area contributed by atoms with E-state index in [1.54, 1.807) is 11.2 Å². The highest BCUT2D eigenvalue weighted by molar-refractivity contribution is 5.77. The molecular formula is C32H36N4O3. The number of carbonyl (C=O) groups excluding carboxylic acids is 1. The van der Waals surface area contributed by atoms with E-state index in [-0.39, 0.29) is 19.1 Å². The summed E-state index contributed by atoms with van der Waals surface area (Å²) in [7, 11) is 0. The van der Waals surface area contributed by atoms with Crippen LogP contribution >= 0.6 is 0 Å². The first-order valence-corrected chi connectivity index (χ1v) is 13.1. The lowest BCUT2D eigenvalue weighted by molar-refractivity contribution is -0.129. The van der Waals surface area contributed by atoms with Crippen LogP contribution in [0.3, 0.4) is 0 Å². The van der Waals surface area contributed by atoms with Gasteiger partial charge in [0, 0.05) is 30.9 Å². The third-order valence-corrected chi connectivity index (χ3v) is 6.54. The molecule has 2 unspecified atom stereocenters. The van der Waals surface area contributed by atoms with Crippen molar-refractivity contribution in [3.8, 4) is 17.0 Å². The van der Waals surface area contributed by atoms with Crippen molar-refractivity contribution in [3.63, 3.8) is 0 Å². The van der Waals surface area contributed by atoms with Crippen LogP contribution in [0.1, 0.15) is 22.3 Å². The maximum Gasteiger partial charge on any atom is 0.272 e. The average Bonchev–Trinajstić information content (AvgIpc) is 2.94. The van der Waals surface area contributed by atoms with Crippen molar-refractivity contribution in [2.24, 2.45) is 5.73 Å². The molecule has 202 valence electrons. The van der Waals surface area contributed by atoms with Crippen molar-refractivity contribution >= 4 is 5.91 Å². The van der Waals surface area contributed by atoms with Gasteiger partial charge in [-0.25, -0.2) is 5.01 Å². The second kappa shape index (κ2) is 13.7. The lowest BCUT2D eigenvalue weighted by atomic mass is 10.0. The number of pyridine rings is 1. The SMILES string of the molecule is Cc1cccc(C)c1OCC(=O)NN(Cc1ccc(-c2ccccn2)cc1)CC(O)C(N)Cc1ccccc1. The van der Waals surface area contributed by atoms with Crippen molar-refractivity contribution in [2.45, 2.75) is 39.0 Å². The predicted molar refractivity (Wildman–Crippen MR) is 154 cm³/mol. The maximum absolute atomic E-state index is 12.9. The number of hydrogen-bond donors (Lipinski definition) is 3. The van der Waals surface area contributed by atoms with Gasteiger partial charge in [0.2, 0.25) is 0 Å². The molecular weight excluding hydrogens is 488 g/mol. The third-order valence-electron chi connectivity index (χ3n) is 6.54. The van der Waals surface area contributed by atoms with Gasteiger partial charge in [-0.2, -0.15) is 0 Å². The van der Waals surface area contributed by atoms with Crippen LogP contribution in [-0.2, 0) is 17.8 Å². The number of amides is 1. The molecule has 0 aliphatic carbocycles. The summed E-state index contributed by atoms with van der Waals surface area (Å²) in [6.45, 7) is 4.29. The molecule has 0 saturated carbocycles. The Kier molecular flexibility index (Phi) is 9.80. The molecule has 39 heavy (non-hydrogen) atoms. The molecule has 0 aliphatic rings. The van der Waals surface area contributed by atoms with Gasteiger partial charge < -0.3 is 15.6 Å². The van der Waals surface area contributed by atoms with Crippen LogP contribution in [0.4, 0.5) is 0 Å². The fraction of sp³-hybridized carbons (Fsp3) is 0.250. The number of aryl methyl sites for hydroxylation is 2. The quantitative estimate of drug-likeness (QED) is 0.240. The largest absolute Gasteiger partial charge is 0.483 e. The normalized spacial score (nSPS) is 12.6. The van der Waals surface area contributed by atoms with Gasteiger partial charge >= 0.3 is 0 Å². The molecule has 4 N–H and O–H groups in total. The van der Waals surface area contributed by atoms with Crippen LogP contribution in [-0.4, -0.2) is 46.3 Å². The summed E-state index contributed by atoms with van der Waals surface area (Å²) >= 11 is 0. The van der Waals surface area contributed by atoms with Gasteiger partial charge in [0.1, 0.15) is 5.75 Å². The molecule has 0 aliphatic heterocycles. The van der Waals surface area contributed by atoms with Crippen molar-refractivity contribution in [1.82, 2.24) is 15.4 Å². The number of benzene rings is 3. The molecule has 0 saturated heterocycles. The zero-order chi connectivity index (χ0) is 27.6. The fourth-order valence-corrected chi connectivity index (χ4v) is 4.44. The number of carbonyl (C=O) groups is 1. The highest BCUT2D eigenvalue weighted by Crippen LogP contribution is 2.22. The van der Waals surface area contributed by atoms with E-state index in [9.17, 15) is 9.90 Å². The first-order chi connectivity index (χ1) is 18.9. The first-order valence-electron chi connectivity index (χ1n) is 13.1. The number of aliphatic hydroxyl groups is 1. The van der Waals surface area contributed by atoms with Gasteiger partial charge in [0.15, 0.2) is 6.61 Å². The van der Waals surface area contributed by atoms with Crippen LogP contribution in [0.15, 0.2) is 97.2 Å². The minimum Gasteiger partial charge on any atom is -0.483 e. The molecule has 4 aromatic rings. The minimum atomic E-state index is -0.863. The van der Waals surface area contributed by atoms with E-state index in [0.29, 0.717) is 18.7 Å².